The molecular formula is C37H33F3N4. The van der Waals surface area contributed by atoms with Crippen molar-refractivity contribution in [3.05, 3.63) is 139 Å². The molecule has 0 aliphatic rings. The standard InChI is InChI=1S/C35H27F3N4.C2H6/c1-22(41-33-21-26(35(2,37)38)13-17-32(33)36)40-27-14-11-24(12-15-27)29-8-5-9-31-30(29)18-19-39-34(31)42-28-16-10-23-6-3-4-7-25(23)20-28;1-2/h3-21,40-41H,1H2,2H3,(H,39,42);1-2H3. The number of halogens is 3. The second-order valence-electron chi connectivity index (χ2n) is 10.1. The van der Waals surface area contributed by atoms with Crippen LogP contribution in [0.2, 0.25) is 0 Å². The lowest BCUT2D eigenvalue weighted by molar-refractivity contribution is 0.0175. The number of aromatic nitrogens is 1. The zero-order valence-corrected chi connectivity index (χ0v) is 24.8. The van der Waals surface area contributed by atoms with Crippen molar-refractivity contribution < 1.29 is 13.2 Å². The fourth-order valence-corrected chi connectivity index (χ4v) is 4.96. The van der Waals surface area contributed by atoms with Gasteiger partial charge < -0.3 is 16.0 Å². The normalized spacial score (nSPS) is 11.0. The highest BCUT2D eigenvalue weighted by Gasteiger charge is 2.25. The molecule has 0 atom stereocenters. The van der Waals surface area contributed by atoms with Crippen molar-refractivity contribution in [2.45, 2.75) is 26.7 Å². The number of benzene rings is 5. The molecule has 3 N–H and O–H groups in total. The van der Waals surface area contributed by atoms with Crippen LogP contribution in [0.5, 0.6) is 0 Å². The molecule has 1 aromatic heterocycles. The number of hydrogen-bond donors (Lipinski definition) is 3. The Bertz CT molecular complexity index is 1930. The van der Waals surface area contributed by atoms with Crippen molar-refractivity contribution in [1.29, 1.82) is 0 Å². The van der Waals surface area contributed by atoms with Gasteiger partial charge in [0.25, 0.3) is 5.92 Å². The summed E-state index contributed by atoms with van der Waals surface area (Å²) in [7, 11) is 0. The second-order valence-corrected chi connectivity index (χ2v) is 10.1. The number of nitrogens with zero attached hydrogens (tertiary/aromatic N) is 1. The monoisotopic (exact) mass is 590 g/mol. The number of fused-ring (bicyclic) bond motifs is 2. The van der Waals surface area contributed by atoms with E-state index in [1.54, 1.807) is 6.20 Å². The van der Waals surface area contributed by atoms with Gasteiger partial charge >= 0.3 is 0 Å². The Morgan fingerprint density at radius 1 is 0.727 bits per heavy atom. The van der Waals surface area contributed by atoms with E-state index in [4.69, 9.17) is 0 Å². The Morgan fingerprint density at radius 3 is 2.20 bits per heavy atom. The number of anilines is 4. The van der Waals surface area contributed by atoms with Crippen molar-refractivity contribution in [2.75, 3.05) is 16.0 Å². The first kappa shape index (κ1) is 30.2. The minimum absolute atomic E-state index is 0.0828. The lowest BCUT2D eigenvalue weighted by atomic mass is 9.98. The first-order valence-electron chi connectivity index (χ1n) is 14.4. The Hall–Kier alpha value is -5.30. The summed E-state index contributed by atoms with van der Waals surface area (Å²) in [5, 5.41) is 13.7. The van der Waals surface area contributed by atoms with Crippen LogP contribution in [0, 0.1) is 5.82 Å². The maximum absolute atomic E-state index is 14.3. The minimum Gasteiger partial charge on any atom is -0.342 e. The molecule has 6 aromatic rings. The third-order valence-corrected chi connectivity index (χ3v) is 7.07. The van der Waals surface area contributed by atoms with Crippen LogP contribution in [0.1, 0.15) is 26.3 Å². The van der Waals surface area contributed by atoms with E-state index < -0.39 is 11.7 Å². The van der Waals surface area contributed by atoms with Crippen LogP contribution >= 0.6 is 0 Å². The quantitative estimate of drug-likeness (QED) is 0.165. The van der Waals surface area contributed by atoms with Gasteiger partial charge in [-0.3, -0.25) is 0 Å². The van der Waals surface area contributed by atoms with Crippen molar-refractivity contribution in [2.24, 2.45) is 0 Å². The highest BCUT2D eigenvalue weighted by Crippen LogP contribution is 2.34. The van der Waals surface area contributed by atoms with Crippen LogP contribution in [0.3, 0.4) is 0 Å². The molecule has 0 unspecified atom stereocenters. The number of hydrogen-bond acceptors (Lipinski definition) is 4. The molecule has 1 heterocycles. The third-order valence-electron chi connectivity index (χ3n) is 7.07. The summed E-state index contributed by atoms with van der Waals surface area (Å²) >= 11 is 0. The van der Waals surface area contributed by atoms with E-state index in [0.717, 1.165) is 63.9 Å². The number of nitrogens with one attached hydrogen (secondary N) is 3. The van der Waals surface area contributed by atoms with E-state index in [0.29, 0.717) is 5.69 Å². The first-order chi connectivity index (χ1) is 21.2. The van der Waals surface area contributed by atoms with Gasteiger partial charge in [-0.1, -0.05) is 87.2 Å². The van der Waals surface area contributed by atoms with E-state index in [1.807, 2.05) is 74.5 Å². The fraction of sp³-hybridized carbons (Fsp3) is 0.108. The third kappa shape index (κ3) is 6.68. The number of pyridine rings is 1. The lowest BCUT2D eigenvalue weighted by Crippen LogP contribution is -2.12. The molecule has 5 aromatic carbocycles. The van der Waals surface area contributed by atoms with Gasteiger partial charge in [0.2, 0.25) is 0 Å². The Morgan fingerprint density at radius 2 is 1.45 bits per heavy atom. The summed E-state index contributed by atoms with van der Waals surface area (Å²) in [4.78, 5) is 4.62. The molecule has 6 rings (SSSR count). The molecule has 0 amide bonds. The van der Waals surface area contributed by atoms with Gasteiger partial charge in [-0.05, 0) is 69.8 Å². The molecule has 222 valence electrons. The summed E-state index contributed by atoms with van der Waals surface area (Å²) in [6, 6.07) is 33.4. The molecule has 0 fully saturated rings. The molecular weight excluding hydrogens is 557 g/mol. The molecule has 0 saturated heterocycles. The predicted molar refractivity (Wildman–Crippen MR) is 178 cm³/mol. The minimum atomic E-state index is -3.08. The van der Waals surface area contributed by atoms with Crippen LogP contribution in [0.4, 0.5) is 36.1 Å². The maximum atomic E-state index is 14.3. The van der Waals surface area contributed by atoms with Crippen molar-refractivity contribution in [3.8, 4) is 11.1 Å². The Balaban J connectivity index is 0.00000188. The SMILES string of the molecule is C=C(Nc1ccc(-c2cccc3c(Nc4ccc5ccccc5c4)nccc23)cc1)Nc1cc(C(C)(F)F)ccc1F.CC. The van der Waals surface area contributed by atoms with Gasteiger partial charge in [-0.25, -0.2) is 18.2 Å². The van der Waals surface area contributed by atoms with E-state index in [1.165, 1.54) is 5.39 Å². The average molecular weight is 591 g/mol. The second kappa shape index (κ2) is 12.9. The fourth-order valence-electron chi connectivity index (χ4n) is 4.96. The van der Waals surface area contributed by atoms with E-state index >= 15 is 0 Å². The summed E-state index contributed by atoms with van der Waals surface area (Å²) in [5.74, 6) is -2.72. The van der Waals surface area contributed by atoms with Crippen LogP contribution < -0.4 is 16.0 Å². The van der Waals surface area contributed by atoms with Crippen molar-refractivity contribution in [1.82, 2.24) is 4.98 Å². The summed E-state index contributed by atoms with van der Waals surface area (Å²) in [5.41, 5.74) is 3.33. The zero-order valence-electron chi connectivity index (χ0n) is 24.8. The Labute approximate surface area is 255 Å². The van der Waals surface area contributed by atoms with E-state index in [-0.39, 0.29) is 17.1 Å². The van der Waals surface area contributed by atoms with Crippen LogP contribution in [0.25, 0.3) is 32.7 Å². The van der Waals surface area contributed by atoms with Gasteiger partial charge in [-0.15, -0.1) is 0 Å². The van der Waals surface area contributed by atoms with Gasteiger partial charge in [0.1, 0.15) is 17.5 Å². The predicted octanol–water partition coefficient (Wildman–Crippen LogP) is 11.1. The highest BCUT2D eigenvalue weighted by molar-refractivity contribution is 6.02. The molecule has 4 nitrogen and oxygen atoms in total. The summed E-state index contributed by atoms with van der Waals surface area (Å²) < 4.78 is 41.7. The lowest BCUT2D eigenvalue weighted by Gasteiger charge is -2.16. The van der Waals surface area contributed by atoms with Crippen molar-refractivity contribution in [3.63, 3.8) is 0 Å². The van der Waals surface area contributed by atoms with Gasteiger partial charge in [0.05, 0.1) is 5.69 Å². The topological polar surface area (TPSA) is 49.0 Å². The zero-order chi connectivity index (χ0) is 31.3. The van der Waals surface area contributed by atoms with E-state index in [2.05, 4.69) is 57.8 Å². The Kier molecular flexibility index (Phi) is 8.86. The first-order valence-corrected chi connectivity index (χ1v) is 14.4. The molecule has 0 bridgehead atoms. The molecule has 7 heteroatoms. The number of alkyl halides is 2. The molecule has 0 spiro atoms. The van der Waals surface area contributed by atoms with Gasteiger partial charge in [0, 0.05) is 35.4 Å². The van der Waals surface area contributed by atoms with Crippen LogP contribution in [0.15, 0.2) is 128 Å². The molecule has 44 heavy (non-hydrogen) atoms. The van der Waals surface area contributed by atoms with Crippen LogP contribution in [-0.4, -0.2) is 4.98 Å². The molecule has 0 aliphatic carbocycles. The molecule has 0 aliphatic heterocycles. The molecule has 0 saturated carbocycles. The van der Waals surface area contributed by atoms with Crippen LogP contribution in [-0.2, 0) is 5.92 Å². The van der Waals surface area contributed by atoms with E-state index in [9.17, 15) is 13.2 Å². The average Bonchev–Trinajstić information content (AvgIpc) is 3.03. The van der Waals surface area contributed by atoms with Crippen molar-refractivity contribution >= 4 is 44.4 Å². The van der Waals surface area contributed by atoms with Gasteiger partial charge in [0.15, 0.2) is 0 Å². The van der Waals surface area contributed by atoms with Gasteiger partial charge in [-0.2, -0.15) is 0 Å². The number of rotatable bonds is 8. The maximum Gasteiger partial charge on any atom is 0.270 e. The summed E-state index contributed by atoms with van der Waals surface area (Å²) in [6.07, 6.45) is 1.79. The molecule has 0 radical (unpaired) electrons. The smallest absolute Gasteiger partial charge is 0.270 e. The summed E-state index contributed by atoms with van der Waals surface area (Å²) in [6.45, 7) is 8.64. The largest absolute Gasteiger partial charge is 0.342 e. The highest BCUT2D eigenvalue weighted by atomic mass is 19.3.